The summed E-state index contributed by atoms with van der Waals surface area (Å²) in [5, 5.41) is 0. The minimum absolute atomic E-state index is 0.152. The fourth-order valence-electron chi connectivity index (χ4n) is 2.69. The van der Waals surface area contributed by atoms with E-state index in [9.17, 15) is 8.78 Å². The van der Waals surface area contributed by atoms with Crippen molar-refractivity contribution >= 4 is 0 Å². The summed E-state index contributed by atoms with van der Waals surface area (Å²) in [6, 6.07) is 6.70. The predicted molar refractivity (Wildman–Crippen MR) is 56.3 cm³/mol. The van der Waals surface area contributed by atoms with Crippen molar-refractivity contribution in [3.8, 4) is 0 Å². The molecule has 1 aliphatic heterocycles. The summed E-state index contributed by atoms with van der Waals surface area (Å²) in [5.41, 5.74) is 0.366. The van der Waals surface area contributed by atoms with Gasteiger partial charge in [-0.25, -0.2) is 8.78 Å². The van der Waals surface area contributed by atoms with E-state index in [0.29, 0.717) is 31.2 Å². The molecular weight excluding hydrogens is 210 g/mol. The zero-order valence-electron chi connectivity index (χ0n) is 8.96. The summed E-state index contributed by atoms with van der Waals surface area (Å²) in [5.74, 6) is -0.216. The molecule has 0 bridgehead atoms. The molecule has 0 radical (unpaired) electrons. The van der Waals surface area contributed by atoms with Crippen molar-refractivity contribution in [1.82, 2.24) is 0 Å². The zero-order chi connectivity index (χ0) is 11.2. The molecule has 1 atom stereocenters. The highest BCUT2D eigenvalue weighted by Crippen LogP contribution is 2.58. The number of hydrogen-bond donors (Lipinski definition) is 0. The molecule has 1 heterocycles. The van der Waals surface area contributed by atoms with E-state index in [-0.39, 0.29) is 17.5 Å². The van der Waals surface area contributed by atoms with E-state index < -0.39 is 6.17 Å². The van der Waals surface area contributed by atoms with Crippen LogP contribution in [0.15, 0.2) is 24.3 Å². The third-order valence-corrected chi connectivity index (χ3v) is 3.72. The van der Waals surface area contributed by atoms with Gasteiger partial charge in [-0.15, -0.1) is 0 Å². The highest BCUT2D eigenvalue weighted by molar-refractivity contribution is 5.28. The normalized spacial score (nSPS) is 37.6. The second-order valence-corrected chi connectivity index (χ2v) is 4.76. The first kappa shape index (κ1) is 10.2. The van der Waals surface area contributed by atoms with Crippen molar-refractivity contribution < 1.29 is 13.5 Å². The fourth-order valence-corrected chi connectivity index (χ4v) is 2.69. The molecule has 1 aliphatic carbocycles. The number of benzene rings is 1. The molecule has 0 aromatic heterocycles. The summed E-state index contributed by atoms with van der Waals surface area (Å²) in [4.78, 5) is 0. The fraction of sp³-hybridized carbons (Fsp3) is 0.538. The molecule has 3 rings (SSSR count). The summed E-state index contributed by atoms with van der Waals surface area (Å²) in [6.45, 7) is 0. The van der Waals surface area contributed by atoms with Crippen LogP contribution in [0.4, 0.5) is 8.78 Å². The van der Waals surface area contributed by atoms with Gasteiger partial charge in [-0.1, -0.05) is 18.2 Å². The van der Waals surface area contributed by atoms with Crippen molar-refractivity contribution in [2.75, 3.05) is 0 Å². The Labute approximate surface area is 93.4 Å². The highest BCUT2D eigenvalue weighted by Gasteiger charge is 2.58. The van der Waals surface area contributed by atoms with Crippen molar-refractivity contribution in [1.29, 1.82) is 0 Å². The van der Waals surface area contributed by atoms with Crippen LogP contribution in [0.3, 0.4) is 0 Å². The number of epoxide rings is 1. The lowest BCUT2D eigenvalue weighted by Gasteiger charge is -2.21. The monoisotopic (exact) mass is 224 g/mol. The summed E-state index contributed by atoms with van der Waals surface area (Å²) in [7, 11) is 0. The van der Waals surface area contributed by atoms with Crippen LogP contribution in [-0.4, -0.2) is 11.8 Å². The Bertz CT molecular complexity index is 397. The van der Waals surface area contributed by atoms with Gasteiger partial charge in [0.2, 0.25) is 0 Å². The molecule has 3 heteroatoms. The Morgan fingerprint density at radius 1 is 1.19 bits per heavy atom. The number of rotatable bonds is 1. The molecule has 2 aliphatic rings. The summed E-state index contributed by atoms with van der Waals surface area (Å²) in [6.07, 6.45) is 1.67. The maximum atomic E-state index is 13.5. The topological polar surface area (TPSA) is 12.5 Å². The van der Waals surface area contributed by atoms with E-state index in [1.54, 1.807) is 12.1 Å². The van der Waals surface area contributed by atoms with Gasteiger partial charge in [-0.3, -0.25) is 0 Å². The Hall–Kier alpha value is -0.960. The molecule has 1 nitrogen and oxygen atoms in total. The average Bonchev–Trinajstić information content (AvgIpc) is 2.98. The molecular formula is C13H14F2O. The molecule has 1 unspecified atom stereocenters. The average molecular weight is 224 g/mol. The summed E-state index contributed by atoms with van der Waals surface area (Å²) >= 11 is 0. The van der Waals surface area contributed by atoms with Gasteiger partial charge in [-0.2, -0.15) is 0 Å². The maximum Gasteiger partial charge on any atom is 0.129 e. The van der Waals surface area contributed by atoms with Gasteiger partial charge < -0.3 is 4.74 Å². The van der Waals surface area contributed by atoms with E-state index in [1.165, 1.54) is 6.07 Å². The minimum atomic E-state index is -0.698. The maximum absolute atomic E-state index is 13.5. The van der Waals surface area contributed by atoms with E-state index in [1.807, 2.05) is 6.07 Å². The molecule has 16 heavy (non-hydrogen) atoms. The molecule has 0 N–H and O–H groups in total. The van der Waals surface area contributed by atoms with Crippen molar-refractivity contribution in [2.45, 2.75) is 43.6 Å². The lowest BCUT2D eigenvalue weighted by atomic mass is 9.83. The van der Waals surface area contributed by atoms with Gasteiger partial charge in [0.25, 0.3) is 0 Å². The Kier molecular flexibility index (Phi) is 2.25. The lowest BCUT2D eigenvalue weighted by Crippen LogP contribution is -2.23. The lowest BCUT2D eigenvalue weighted by molar-refractivity contribution is 0.164. The van der Waals surface area contributed by atoms with Gasteiger partial charge in [0.1, 0.15) is 18.1 Å². The number of halogens is 2. The van der Waals surface area contributed by atoms with Gasteiger partial charge in [-0.05, 0) is 31.7 Å². The first-order valence-corrected chi connectivity index (χ1v) is 5.78. The van der Waals surface area contributed by atoms with E-state index in [0.717, 1.165) is 0 Å². The molecule has 1 aromatic rings. The Balaban J connectivity index is 1.78. The van der Waals surface area contributed by atoms with Crippen LogP contribution in [0.25, 0.3) is 0 Å². The van der Waals surface area contributed by atoms with Gasteiger partial charge in [0, 0.05) is 5.56 Å². The Morgan fingerprint density at radius 3 is 2.56 bits per heavy atom. The van der Waals surface area contributed by atoms with E-state index in [4.69, 9.17) is 4.74 Å². The molecule has 1 spiro atoms. The van der Waals surface area contributed by atoms with Crippen LogP contribution in [-0.2, 0) is 4.74 Å². The SMILES string of the molecule is Fc1ccccc1C1OC12CCC(F)CC2. The third kappa shape index (κ3) is 1.54. The largest absolute Gasteiger partial charge is 0.361 e. The molecule has 1 saturated heterocycles. The standard InChI is InChI=1S/C13H14F2O/c14-9-5-7-13(8-6-9)12(16-13)10-3-1-2-4-11(10)15/h1-4,9,12H,5-8H2. The van der Waals surface area contributed by atoms with Crippen LogP contribution < -0.4 is 0 Å². The summed E-state index contributed by atoms with van der Waals surface area (Å²) < 4.78 is 32.2. The van der Waals surface area contributed by atoms with Crippen LogP contribution in [0, 0.1) is 5.82 Å². The molecule has 0 amide bonds. The van der Waals surface area contributed by atoms with Gasteiger partial charge in [0.05, 0.1) is 5.60 Å². The van der Waals surface area contributed by atoms with Crippen LogP contribution in [0.5, 0.6) is 0 Å². The predicted octanol–water partition coefficient (Wildman–Crippen LogP) is 3.55. The molecule has 86 valence electrons. The van der Waals surface area contributed by atoms with Crippen LogP contribution in [0.2, 0.25) is 0 Å². The van der Waals surface area contributed by atoms with Crippen molar-refractivity contribution in [3.63, 3.8) is 0 Å². The molecule has 1 saturated carbocycles. The van der Waals surface area contributed by atoms with Crippen molar-refractivity contribution in [3.05, 3.63) is 35.6 Å². The minimum Gasteiger partial charge on any atom is -0.361 e. The van der Waals surface area contributed by atoms with Gasteiger partial charge >= 0.3 is 0 Å². The van der Waals surface area contributed by atoms with Crippen LogP contribution >= 0.6 is 0 Å². The smallest absolute Gasteiger partial charge is 0.129 e. The Morgan fingerprint density at radius 2 is 1.88 bits per heavy atom. The van der Waals surface area contributed by atoms with Crippen LogP contribution in [0.1, 0.15) is 37.4 Å². The highest BCUT2D eigenvalue weighted by atomic mass is 19.1. The first-order valence-electron chi connectivity index (χ1n) is 5.78. The van der Waals surface area contributed by atoms with Gasteiger partial charge in [0.15, 0.2) is 0 Å². The zero-order valence-corrected chi connectivity index (χ0v) is 8.96. The van der Waals surface area contributed by atoms with Crippen molar-refractivity contribution in [2.24, 2.45) is 0 Å². The van der Waals surface area contributed by atoms with E-state index in [2.05, 4.69) is 0 Å². The molecule has 2 fully saturated rings. The number of alkyl halides is 1. The quantitative estimate of drug-likeness (QED) is 0.664. The second-order valence-electron chi connectivity index (χ2n) is 4.76. The van der Waals surface area contributed by atoms with E-state index >= 15 is 0 Å². The number of ether oxygens (including phenoxy) is 1. The third-order valence-electron chi connectivity index (χ3n) is 3.72. The second kappa shape index (κ2) is 3.52. The first-order chi connectivity index (χ1) is 7.71. The number of hydrogen-bond acceptors (Lipinski definition) is 1. The molecule has 1 aromatic carbocycles.